The molecule has 2 bridgehead atoms. The quantitative estimate of drug-likeness (QED) is 0.551. The highest BCUT2D eigenvalue weighted by Crippen LogP contribution is 2.22. The Morgan fingerprint density at radius 3 is 2.57 bits per heavy atom. The first-order valence-corrected chi connectivity index (χ1v) is 11.5. The first-order valence-electron chi connectivity index (χ1n) is 11.5. The van der Waals surface area contributed by atoms with E-state index in [-0.39, 0.29) is 55.7 Å². The molecule has 3 heterocycles. The number of hydrogen-bond acceptors (Lipinski definition) is 8. The number of nitrogens with zero attached hydrogens (tertiary/aromatic N) is 4. The van der Waals surface area contributed by atoms with Gasteiger partial charge >= 0.3 is 6.09 Å². The van der Waals surface area contributed by atoms with Crippen molar-refractivity contribution in [3.8, 4) is 5.75 Å². The molecule has 0 spiro atoms. The summed E-state index contributed by atoms with van der Waals surface area (Å²) in [5.74, 6) is -0.757. The highest BCUT2D eigenvalue weighted by Gasteiger charge is 2.38. The molecular weight excluding hydrogens is 456 g/mol. The first-order chi connectivity index (χ1) is 16.3. The molecule has 3 atom stereocenters. The molecule has 1 saturated heterocycles. The Bertz CT molecular complexity index is 979. The second-order valence-electron chi connectivity index (χ2n) is 9.99. The number of amides is 4. The Hall–Kier alpha value is -3.41. The fraction of sp³-hybridized carbons (Fsp3) is 0.609. The molecular formula is C23H34N6O6. The number of carbonyl (C=O) groups excluding carboxylic acids is 4. The lowest BCUT2D eigenvalue weighted by Gasteiger charge is -2.28. The van der Waals surface area contributed by atoms with Crippen molar-refractivity contribution in [2.45, 2.75) is 50.9 Å². The van der Waals surface area contributed by atoms with E-state index in [0.29, 0.717) is 12.2 Å². The molecule has 1 aromatic rings. The lowest BCUT2D eigenvalue weighted by Crippen LogP contribution is -2.52. The Balaban J connectivity index is 1.84. The molecule has 192 valence electrons. The van der Waals surface area contributed by atoms with E-state index >= 15 is 0 Å². The average Bonchev–Trinajstić information content (AvgIpc) is 3.17. The molecule has 2 aliphatic heterocycles. The number of carbonyl (C=O) groups is 4. The molecule has 1 aromatic heterocycles. The molecule has 4 amide bonds. The minimum Gasteiger partial charge on any atom is -0.490 e. The number of rotatable bonds is 1. The van der Waals surface area contributed by atoms with Crippen LogP contribution in [-0.4, -0.2) is 108 Å². The second-order valence-corrected chi connectivity index (χ2v) is 9.99. The summed E-state index contributed by atoms with van der Waals surface area (Å²) in [4.78, 5) is 59.3. The van der Waals surface area contributed by atoms with Crippen molar-refractivity contribution in [1.82, 2.24) is 25.0 Å². The number of nitrogens with one attached hydrogen (secondary N) is 1. The van der Waals surface area contributed by atoms with E-state index < -0.39 is 23.6 Å². The van der Waals surface area contributed by atoms with Crippen LogP contribution < -0.4 is 15.8 Å². The van der Waals surface area contributed by atoms with Crippen molar-refractivity contribution in [2.75, 3.05) is 40.3 Å². The van der Waals surface area contributed by atoms with Gasteiger partial charge in [0.1, 0.15) is 24.0 Å². The number of hydrogen-bond donors (Lipinski definition) is 2. The summed E-state index contributed by atoms with van der Waals surface area (Å²) >= 11 is 0. The summed E-state index contributed by atoms with van der Waals surface area (Å²) in [5.41, 5.74) is 5.68. The Morgan fingerprint density at radius 1 is 1.17 bits per heavy atom. The maximum Gasteiger partial charge on any atom is 0.407 e. The number of likely N-dealkylation sites (N-methyl/N-ethyl adjacent to an activating group) is 2. The number of pyridine rings is 1. The van der Waals surface area contributed by atoms with Gasteiger partial charge in [0, 0.05) is 33.4 Å². The fourth-order valence-electron chi connectivity index (χ4n) is 4.10. The third kappa shape index (κ3) is 6.81. The van der Waals surface area contributed by atoms with Crippen molar-refractivity contribution in [3.05, 3.63) is 24.0 Å². The number of nitrogens with two attached hydrogens (primary N) is 1. The van der Waals surface area contributed by atoms with Crippen LogP contribution in [0.2, 0.25) is 0 Å². The maximum absolute atomic E-state index is 13.2. The van der Waals surface area contributed by atoms with Crippen LogP contribution in [0.15, 0.2) is 18.5 Å². The molecule has 0 aliphatic carbocycles. The summed E-state index contributed by atoms with van der Waals surface area (Å²) in [6, 6.07) is -0.186. The number of ether oxygens (including phenoxy) is 2. The normalized spacial score (nSPS) is 24.3. The lowest BCUT2D eigenvalue weighted by atomic mass is 10.2. The molecule has 0 radical (unpaired) electrons. The van der Waals surface area contributed by atoms with Gasteiger partial charge in [-0.05, 0) is 33.3 Å². The minimum absolute atomic E-state index is 0.0322. The SMILES string of the molecule is CN1C[C@H](N)C(=O)N(C)CC(=O)N2C[C@@H](NC(=O)OC(C)(C)C)C[C@H]2COc2cncc(c2)C1=O. The van der Waals surface area contributed by atoms with Gasteiger partial charge in [0.15, 0.2) is 0 Å². The molecule has 12 heteroatoms. The highest BCUT2D eigenvalue weighted by atomic mass is 16.6. The molecule has 35 heavy (non-hydrogen) atoms. The van der Waals surface area contributed by atoms with Crippen LogP contribution in [-0.2, 0) is 14.3 Å². The Morgan fingerprint density at radius 2 is 1.89 bits per heavy atom. The van der Waals surface area contributed by atoms with Gasteiger partial charge in [-0.2, -0.15) is 0 Å². The van der Waals surface area contributed by atoms with Crippen molar-refractivity contribution in [3.63, 3.8) is 0 Å². The molecule has 1 fully saturated rings. The highest BCUT2D eigenvalue weighted by molar-refractivity contribution is 5.95. The van der Waals surface area contributed by atoms with Gasteiger partial charge in [0.05, 0.1) is 30.4 Å². The van der Waals surface area contributed by atoms with Crippen LogP contribution in [0.5, 0.6) is 5.75 Å². The smallest absolute Gasteiger partial charge is 0.407 e. The van der Waals surface area contributed by atoms with Crippen molar-refractivity contribution in [2.24, 2.45) is 5.73 Å². The number of fused-ring (bicyclic) bond motifs is 3. The summed E-state index contributed by atoms with van der Waals surface area (Å²) < 4.78 is 11.2. The minimum atomic E-state index is -1.00. The summed E-state index contributed by atoms with van der Waals surface area (Å²) in [6.45, 7) is 5.43. The fourth-order valence-corrected chi connectivity index (χ4v) is 4.10. The molecule has 2 aliphatic rings. The van der Waals surface area contributed by atoms with Gasteiger partial charge in [-0.15, -0.1) is 0 Å². The average molecular weight is 491 g/mol. The zero-order chi connectivity index (χ0) is 25.9. The van der Waals surface area contributed by atoms with Crippen LogP contribution in [0.1, 0.15) is 37.6 Å². The number of aromatic nitrogens is 1. The zero-order valence-corrected chi connectivity index (χ0v) is 20.8. The van der Waals surface area contributed by atoms with Gasteiger partial charge in [0.2, 0.25) is 11.8 Å². The van der Waals surface area contributed by atoms with Crippen LogP contribution in [0.3, 0.4) is 0 Å². The van der Waals surface area contributed by atoms with E-state index in [2.05, 4.69) is 10.3 Å². The molecule has 0 saturated carbocycles. The van der Waals surface area contributed by atoms with Crippen LogP contribution in [0.25, 0.3) is 0 Å². The predicted octanol–water partition coefficient (Wildman–Crippen LogP) is -0.174. The molecule has 3 N–H and O–H groups in total. The van der Waals surface area contributed by atoms with E-state index in [0.717, 1.165) is 0 Å². The van der Waals surface area contributed by atoms with Crippen molar-refractivity contribution in [1.29, 1.82) is 0 Å². The largest absolute Gasteiger partial charge is 0.490 e. The monoisotopic (exact) mass is 490 g/mol. The second kappa shape index (κ2) is 10.5. The van der Waals surface area contributed by atoms with E-state index in [4.69, 9.17) is 15.2 Å². The number of alkyl carbamates (subject to hydrolysis) is 1. The van der Waals surface area contributed by atoms with E-state index in [9.17, 15) is 19.2 Å². The standard InChI is InChI=1S/C23H34N6O6/c1-23(2,3)35-22(33)26-15-7-16-13-34-17-6-14(8-25-9-17)20(31)27(4)11-18(24)21(32)28(5)12-19(30)29(16)10-15/h6,8-9,15-16,18H,7,10-13,24H2,1-5H3,(H,26,33)/t15-,16-,18-/m0/s1. The Kier molecular flexibility index (Phi) is 7.83. The van der Waals surface area contributed by atoms with Crippen LogP contribution >= 0.6 is 0 Å². The molecule has 3 rings (SSSR count). The Labute approximate surface area is 204 Å². The summed E-state index contributed by atoms with van der Waals surface area (Å²) in [6.07, 6.45) is 2.75. The van der Waals surface area contributed by atoms with Gasteiger partial charge < -0.3 is 35.2 Å². The van der Waals surface area contributed by atoms with Gasteiger partial charge in [-0.3, -0.25) is 19.4 Å². The van der Waals surface area contributed by atoms with Gasteiger partial charge in [0.25, 0.3) is 5.91 Å². The van der Waals surface area contributed by atoms with Gasteiger partial charge in [-0.25, -0.2) is 4.79 Å². The lowest BCUT2D eigenvalue weighted by molar-refractivity contribution is -0.141. The van der Waals surface area contributed by atoms with E-state index in [1.807, 2.05) is 0 Å². The van der Waals surface area contributed by atoms with Crippen molar-refractivity contribution >= 4 is 23.8 Å². The van der Waals surface area contributed by atoms with Gasteiger partial charge in [-0.1, -0.05) is 0 Å². The van der Waals surface area contributed by atoms with E-state index in [1.165, 1.54) is 29.2 Å². The third-order valence-electron chi connectivity index (χ3n) is 5.74. The summed E-state index contributed by atoms with van der Waals surface area (Å²) in [7, 11) is 3.03. The summed E-state index contributed by atoms with van der Waals surface area (Å²) in [5, 5.41) is 2.81. The van der Waals surface area contributed by atoms with Crippen molar-refractivity contribution < 1.29 is 28.7 Å². The predicted molar refractivity (Wildman–Crippen MR) is 126 cm³/mol. The van der Waals surface area contributed by atoms with Crippen LogP contribution in [0, 0.1) is 0 Å². The molecule has 12 nitrogen and oxygen atoms in total. The molecule has 0 aromatic carbocycles. The molecule has 0 unspecified atom stereocenters. The topological polar surface area (TPSA) is 147 Å². The maximum atomic E-state index is 13.2. The zero-order valence-electron chi connectivity index (χ0n) is 20.8. The van der Waals surface area contributed by atoms with Crippen LogP contribution in [0.4, 0.5) is 4.79 Å². The first kappa shape index (κ1) is 26.2. The van der Waals surface area contributed by atoms with E-state index in [1.54, 1.807) is 38.8 Å². The third-order valence-corrected chi connectivity index (χ3v) is 5.74.